The molecule has 1 saturated heterocycles. The number of likely N-dealkylation sites (tertiary alicyclic amines) is 1. The molecule has 138 valence electrons. The first-order valence-corrected chi connectivity index (χ1v) is 9.49. The molecule has 0 radical (unpaired) electrons. The Bertz CT molecular complexity index is 727. The van der Waals surface area contributed by atoms with E-state index in [2.05, 4.69) is 11.9 Å². The van der Waals surface area contributed by atoms with E-state index in [1.54, 1.807) is 12.1 Å². The number of carbonyl (C=O) groups is 2. The van der Waals surface area contributed by atoms with Gasteiger partial charge in [0.1, 0.15) is 5.82 Å². The predicted octanol–water partition coefficient (Wildman–Crippen LogP) is 2.93. The molecule has 1 heterocycles. The second-order valence-corrected chi connectivity index (χ2v) is 8.00. The second kappa shape index (κ2) is 6.22. The first kappa shape index (κ1) is 17.3. The summed E-state index contributed by atoms with van der Waals surface area (Å²) in [4.78, 5) is 26.8. The molecule has 4 nitrogen and oxygen atoms in total. The fourth-order valence-corrected chi connectivity index (χ4v) is 4.52. The molecule has 4 rings (SSSR count). The predicted molar refractivity (Wildman–Crippen MR) is 96.9 cm³/mol. The van der Waals surface area contributed by atoms with Crippen molar-refractivity contribution in [3.05, 3.63) is 48.3 Å². The summed E-state index contributed by atoms with van der Waals surface area (Å²) in [7, 11) is 0. The molecule has 2 aliphatic carbocycles. The third-order valence-corrected chi connectivity index (χ3v) is 6.47. The Morgan fingerprint density at radius 1 is 1.12 bits per heavy atom. The van der Waals surface area contributed by atoms with Crippen molar-refractivity contribution >= 4 is 11.8 Å². The van der Waals surface area contributed by atoms with Gasteiger partial charge in [0.15, 0.2) is 0 Å². The fraction of sp³-hybridized carbons (Fsp3) is 0.524. The molecule has 1 N–H and O–H groups in total. The molecule has 3 aliphatic rings. The molecule has 2 amide bonds. The molecule has 2 saturated carbocycles. The second-order valence-electron chi connectivity index (χ2n) is 8.00. The van der Waals surface area contributed by atoms with Crippen LogP contribution in [0.1, 0.15) is 44.1 Å². The maximum atomic E-state index is 13.2. The summed E-state index contributed by atoms with van der Waals surface area (Å²) in [5, 5.41) is 3.11. The van der Waals surface area contributed by atoms with Crippen LogP contribution in [0.2, 0.25) is 0 Å². The van der Waals surface area contributed by atoms with E-state index in [1.807, 2.05) is 4.90 Å². The smallest absolute Gasteiger partial charge is 0.243 e. The van der Waals surface area contributed by atoms with E-state index in [9.17, 15) is 14.0 Å². The number of hydrogen-bond donors (Lipinski definition) is 1. The van der Waals surface area contributed by atoms with Gasteiger partial charge >= 0.3 is 0 Å². The Morgan fingerprint density at radius 2 is 1.73 bits per heavy atom. The first-order valence-electron chi connectivity index (χ1n) is 9.49. The monoisotopic (exact) mass is 356 g/mol. The van der Waals surface area contributed by atoms with Gasteiger partial charge in [-0.1, -0.05) is 18.7 Å². The van der Waals surface area contributed by atoms with Gasteiger partial charge in [0.05, 0.1) is 5.41 Å². The lowest BCUT2D eigenvalue weighted by molar-refractivity contribution is -0.135. The fourth-order valence-electron chi connectivity index (χ4n) is 4.52. The van der Waals surface area contributed by atoms with Gasteiger partial charge in [-0.05, 0) is 68.2 Å². The number of rotatable bonds is 5. The van der Waals surface area contributed by atoms with Gasteiger partial charge in [0, 0.05) is 18.6 Å². The molecule has 1 aromatic rings. The van der Waals surface area contributed by atoms with E-state index in [0.717, 1.165) is 57.2 Å². The molecular formula is C21H25FN2O2. The van der Waals surface area contributed by atoms with E-state index >= 15 is 0 Å². The third-order valence-electron chi connectivity index (χ3n) is 6.47. The van der Waals surface area contributed by atoms with E-state index in [4.69, 9.17) is 0 Å². The average Bonchev–Trinajstić information content (AvgIpc) is 3.58. The Balaban J connectivity index is 1.39. The molecule has 26 heavy (non-hydrogen) atoms. The highest BCUT2D eigenvalue weighted by molar-refractivity contribution is 5.91. The number of nitrogens with zero attached hydrogens (tertiary/aromatic N) is 1. The van der Waals surface area contributed by atoms with Crippen molar-refractivity contribution < 1.29 is 14.0 Å². The lowest BCUT2D eigenvalue weighted by atomic mass is 9.85. The highest BCUT2D eigenvalue weighted by Crippen LogP contribution is 2.51. The summed E-state index contributed by atoms with van der Waals surface area (Å²) in [6.45, 7) is 5.00. The van der Waals surface area contributed by atoms with Gasteiger partial charge in [-0.2, -0.15) is 0 Å². The topological polar surface area (TPSA) is 49.4 Å². The van der Waals surface area contributed by atoms with Crippen LogP contribution in [-0.4, -0.2) is 35.3 Å². The van der Waals surface area contributed by atoms with Gasteiger partial charge < -0.3 is 10.2 Å². The lowest BCUT2D eigenvalue weighted by Crippen LogP contribution is -2.49. The maximum Gasteiger partial charge on any atom is 0.243 e. The van der Waals surface area contributed by atoms with Crippen LogP contribution < -0.4 is 5.32 Å². The number of nitrogens with one attached hydrogen (secondary N) is 1. The Labute approximate surface area is 153 Å². The standard InChI is InChI=1S/C21H25FN2O2/c1-2-18(25)23-21(11-12-21)16-7-13-24(14-8-16)19(26)20(9-10-20)15-3-5-17(22)6-4-15/h2-6,16H,1,7-14H2,(H,23,25). The minimum absolute atomic E-state index is 0.0748. The Hall–Kier alpha value is -2.17. The van der Waals surface area contributed by atoms with Crippen molar-refractivity contribution in [1.29, 1.82) is 0 Å². The largest absolute Gasteiger partial charge is 0.347 e. The van der Waals surface area contributed by atoms with Crippen LogP contribution in [0.25, 0.3) is 0 Å². The molecular weight excluding hydrogens is 331 g/mol. The van der Waals surface area contributed by atoms with Crippen molar-refractivity contribution in [2.24, 2.45) is 5.92 Å². The Kier molecular flexibility index (Phi) is 4.13. The highest BCUT2D eigenvalue weighted by atomic mass is 19.1. The summed E-state index contributed by atoms with van der Waals surface area (Å²) in [6.07, 6.45) is 6.90. The van der Waals surface area contributed by atoms with Crippen molar-refractivity contribution in [3.8, 4) is 0 Å². The van der Waals surface area contributed by atoms with Crippen LogP contribution in [0.15, 0.2) is 36.9 Å². The summed E-state index contributed by atoms with van der Waals surface area (Å²) in [5.74, 6) is 0.238. The van der Waals surface area contributed by atoms with Crippen molar-refractivity contribution in [2.75, 3.05) is 13.1 Å². The maximum absolute atomic E-state index is 13.2. The molecule has 0 unspecified atom stereocenters. The molecule has 0 aromatic heterocycles. The number of hydrogen-bond acceptors (Lipinski definition) is 2. The number of amides is 2. The zero-order chi connectivity index (χ0) is 18.4. The van der Waals surface area contributed by atoms with Gasteiger partial charge in [-0.25, -0.2) is 4.39 Å². The van der Waals surface area contributed by atoms with E-state index in [1.165, 1.54) is 18.2 Å². The number of benzene rings is 1. The quantitative estimate of drug-likeness (QED) is 0.825. The molecule has 5 heteroatoms. The van der Waals surface area contributed by atoms with Crippen LogP contribution in [0.4, 0.5) is 4.39 Å². The molecule has 0 bridgehead atoms. The zero-order valence-electron chi connectivity index (χ0n) is 15.0. The van der Waals surface area contributed by atoms with Crippen molar-refractivity contribution in [3.63, 3.8) is 0 Å². The van der Waals surface area contributed by atoms with Crippen LogP contribution in [-0.2, 0) is 15.0 Å². The van der Waals surface area contributed by atoms with Crippen molar-refractivity contribution in [2.45, 2.75) is 49.5 Å². The summed E-state index contributed by atoms with van der Waals surface area (Å²) in [5.41, 5.74) is 0.423. The van der Waals surface area contributed by atoms with Gasteiger partial charge in [-0.15, -0.1) is 0 Å². The first-order chi connectivity index (χ1) is 12.5. The van der Waals surface area contributed by atoms with E-state index < -0.39 is 5.41 Å². The van der Waals surface area contributed by atoms with Gasteiger partial charge in [0.2, 0.25) is 11.8 Å². The molecule has 1 aliphatic heterocycles. The third kappa shape index (κ3) is 2.93. The number of halogens is 1. The molecule has 0 spiro atoms. The lowest BCUT2D eigenvalue weighted by Gasteiger charge is -2.38. The normalized spacial score (nSPS) is 23.2. The minimum atomic E-state index is -0.436. The minimum Gasteiger partial charge on any atom is -0.347 e. The Morgan fingerprint density at radius 3 is 2.23 bits per heavy atom. The zero-order valence-corrected chi connectivity index (χ0v) is 15.0. The average molecular weight is 356 g/mol. The van der Waals surface area contributed by atoms with Gasteiger partial charge in [0.25, 0.3) is 0 Å². The van der Waals surface area contributed by atoms with Crippen LogP contribution >= 0.6 is 0 Å². The van der Waals surface area contributed by atoms with E-state index in [-0.39, 0.29) is 23.2 Å². The highest BCUT2D eigenvalue weighted by Gasteiger charge is 2.55. The molecule has 0 atom stereocenters. The number of carbonyl (C=O) groups excluding carboxylic acids is 2. The number of piperidine rings is 1. The van der Waals surface area contributed by atoms with Crippen molar-refractivity contribution in [1.82, 2.24) is 10.2 Å². The van der Waals surface area contributed by atoms with Gasteiger partial charge in [-0.3, -0.25) is 9.59 Å². The SMILES string of the molecule is C=CC(=O)NC1(C2CCN(C(=O)C3(c4ccc(F)cc4)CC3)CC2)CC1. The molecule has 3 fully saturated rings. The van der Waals surface area contributed by atoms with Crippen LogP contribution in [0.3, 0.4) is 0 Å². The van der Waals surface area contributed by atoms with Crippen LogP contribution in [0, 0.1) is 11.7 Å². The summed E-state index contributed by atoms with van der Waals surface area (Å²) < 4.78 is 13.2. The summed E-state index contributed by atoms with van der Waals surface area (Å²) >= 11 is 0. The van der Waals surface area contributed by atoms with Crippen LogP contribution in [0.5, 0.6) is 0 Å². The molecule has 1 aromatic carbocycles. The summed E-state index contributed by atoms with van der Waals surface area (Å²) in [6, 6.07) is 6.37. The van der Waals surface area contributed by atoms with E-state index in [0.29, 0.717) is 5.92 Å².